The van der Waals surface area contributed by atoms with Crippen LogP contribution in [-0.2, 0) is 16.1 Å². The maximum atomic E-state index is 10.6. The Balaban J connectivity index is 0.000000362. The molecular weight excluding hydrogens is 490 g/mol. The summed E-state index contributed by atoms with van der Waals surface area (Å²) in [4.78, 5) is 28.6. The molecule has 196 valence electrons. The fourth-order valence-corrected chi connectivity index (χ4v) is 2.75. The molecule has 0 radical (unpaired) electrons. The van der Waals surface area contributed by atoms with Crippen molar-refractivity contribution in [2.45, 2.75) is 44.8 Å². The number of hydrogen-bond donors (Lipinski definition) is 2. The summed E-state index contributed by atoms with van der Waals surface area (Å²) >= 11 is 0. The topological polar surface area (TPSA) is 118 Å². The van der Waals surface area contributed by atoms with Gasteiger partial charge in [0, 0.05) is 44.8 Å². The van der Waals surface area contributed by atoms with Crippen molar-refractivity contribution in [2.24, 2.45) is 0 Å². The van der Waals surface area contributed by atoms with Gasteiger partial charge in [0.1, 0.15) is 17.7 Å². The molecule has 1 saturated heterocycles. The SMILES string of the molecule is Cc1nccn1CCN1CCC(Oc2cccnc2)CC1.O=C(O)C(F)(F)F.O=C(O)C(F)(F)F. The highest BCUT2D eigenvalue weighted by Crippen LogP contribution is 2.18. The van der Waals surface area contributed by atoms with Gasteiger partial charge in [0.25, 0.3) is 0 Å². The zero-order valence-corrected chi connectivity index (χ0v) is 18.5. The van der Waals surface area contributed by atoms with E-state index in [0.29, 0.717) is 6.10 Å². The highest BCUT2D eigenvalue weighted by atomic mass is 19.4. The number of likely N-dealkylation sites (tertiary alicyclic amines) is 1. The average molecular weight is 514 g/mol. The molecule has 1 aliphatic rings. The van der Waals surface area contributed by atoms with Crippen LogP contribution in [0.1, 0.15) is 18.7 Å². The van der Waals surface area contributed by atoms with E-state index in [2.05, 4.69) is 19.4 Å². The molecule has 0 aromatic carbocycles. The Hall–Kier alpha value is -3.36. The van der Waals surface area contributed by atoms with Crippen LogP contribution in [0.25, 0.3) is 0 Å². The lowest BCUT2D eigenvalue weighted by molar-refractivity contribution is -0.193. The molecule has 0 bridgehead atoms. The highest BCUT2D eigenvalue weighted by Gasteiger charge is 2.38. The number of hydrogen-bond acceptors (Lipinski definition) is 6. The molecule has 2 aromatic rings. The second kappa shape index (κ2) is 13.5. The number of carboxylic acids is 2. The van der Waals surface area contributed by atoms with Crippen LogP contribution >= 0.6 is 0 Å². The Labute approximate surface area is 196 Å². The monoisotopic (exact) mass is 514 g/mol. The third-order valence-corrected chi connectivity index (χ3v) is 4.54. The predicted molar refractivity (Wildman–Crippen MR) is 109 cm³/mol. The predicted octanol–water partition coefficient (Wildman–Crippen LogP) is 3.40. The molecule has 15 heteroatoms. The normalized spacial score (nSPS) is 14.7. The van der Waals surface area contributed by atoms with Crippen molar-refractivity contribution in [2.75, 3.05) is 19.6 Å². The Morgan fingerprint density at radius 3 is 1.97 bits per heavy atom. The first kappa shape index (κ1) is 29.7. The molecular formula is C20H24F6N4O5. The van der Waals surface area contributed by atoms with E-state index in [1.165, 1.54) is 0 Å². The lowest BCUT2D eigenvalue weighted by atomic mass is 10.1. The summed E-state index contributed by atoms with van der Waals surface area (Å²) in [5.41, 5.74) is 0. The van der Waals surface area contributed by atoms with Crippen LogP contribution in [0.2, 0.25) is 0 Å². The van der Waals surface area contributed by atoms with Crippen LogP contribution in [0.5, 0.6) is 5.75 Å². The molecule has 1 fully saturated rings. The van der Waals surface area contributed by atoms with Gasteiger partial charge in [-0.25, -0.2) is 14.6 Å². The van der Waals surface area contributed by atoms with E-state index in [-0.39, 0.29) is 0 Å². The molecule has 0 aliphatic carbocycles. The summed E-state index contributed by atoms with van der Waals surface area (Å²) in [6.07, 6.45) is -0.214. The molecule has 3 heterocycles. The number of aliphatic carboxylic acids is 2. The number of nitrogens with zero attached hydrogens (tertiary/aromatic N) is 4. The maximum Gasteiger partial charge on any atom is 0.490 e. The second-order valence-corrected chi connectivity index (χ2v) is 7.12. The molecule has 1 aliphatic heterocycles. The van der Waals surface area contributed by atoms with E-state index in [4.69, 9.17) is 24.5 Å². The van der Waals surface area contributed by atoms with Crippen molar-refractivity contribution in [3.8, 4) is 5.75 Å². The molecule has 35 heavy (non-hydrogen) atoms. The van der Waals surface area contributed by atoms with Gasteiger partial charge in [-0.3, -0.25) is 4.98 Å². The summed E-state index contributed by atoms with van der Waals surface area (Å²) < 4.78 is 71.6. The van der Waals surface area contributed by atoms with Crippen LogP contribution in [0.15, 0.2) is 36.9 Å². The van der Waals surface area contributed by atoms with Gasteiger partial charge in [0.05, 0.1) is 6.20 Å². The number of aromatic nitrogens is 3. The Kier molecular flexibility index (Phi) is 11.5. The fourth-order valence-electron chi connectivity index (χ4n) is 2.75. The minimum absolute atomic E-state index is 0.320. The van der Waals surface area contributed by atoms with Crippen LogP contribution in [0.3, 0.4) is 0 Å². The van der Waals surface area contributed by atoms with Crippen LogP contribution < -0.4 is 4.74 Å². The van der Waals surface area contributed by atoms with Crippen molar-refractivity contribution in [3.05, 3.63) is 42.7 Å². The smallest absolute Gasteiger partial charge is 0.489 e. The summed E-state index contributed by atoms with van der Waals surface area (Å²) in [6.45, 7) is 6.34. The molecule has 0 amide bonds. The van der Waals surface area contributed by atoms with E-state index in [1.54, 1.807) is 12.4 Å². The molecule has 0 unspecified atom stereocenters. The van der Waals surface area contributed by atoms with Crippen molar-refractivity contribution < 1.29 is 50.9 Å². The Morgan fingerprint density at radius 2 is 1.57 bits per heavy atom. The van der Waals surface area contributed by atoms with E-state index in [0.717, 1.165) is 50.6 Å². The van der Waals surface area contributed by atoms with Gasteiger partial charge < -0.3 is 24.4 Å². The molecule has 2 aromatic heterocycles. The first-order valence-electron chi connectivity index (χ1n) is 10.1. The van der Waals surface area contributed by atoms with Gasteiger partial charge in [0.15, 0.2) is 0 Å². The lowest BCUT2D eigenvalue weighted by Gasteiger charge is -2.32. The van der Waals surface area contributed by atoms with Gasteiger partial charge in [-0.2, -0.15) is 26.3 Å². The standard InChI is InChI=1S/C16H22N4O.2C2HF3O2/c1-14-18-7-10-20(14)12-11-19-8-4-15(5-9-19)21-16-3-2-6-17-13-16;2*3-2(4,5)1(6)7/h2-3,6-7,10,13,15H,4-5,8-9,11-12H2,1H3;2*(H,6,7). The molecule has 0 atom stereocenters. The van der Waals surface area contributed by atoms with Gasteiger partial charge in [-0.05, 0) is 31.9 Å². The fraction of sp³-hybridized carbons (Fsp3) is 0.500. The van der Waals surface area contributed by atoms with E-state index in [9.17, 15) is 26.3 Å². The third kappa shape index (κ3) is 12.1. The first-order valence-corrected chi connectivity index (χ1v) is 10.1. The van der Waals surface area contributed by atoms with Gasteiger partial charge in [-0.1, -0.05) is 0 Å². The Morgan fingerprint density at radius 1 is 1.03 bits per heavy atom. The number of carbonyl (C=O) groups is 2. The van der Waals surface area contributed by atoms with Crippen LogP contribution in [0.4, 0.5) is 26.3 Å². The molecule has 9 nitrogen and oxygen atoms in total. The number of ether oxygens (including phenoxy) is 1. The Bertz CT molecular complexity index is 889. The molecule has 3 rings (SSSR count). The molecule has 0 spiro atoms. The summed E-state index contributed by atoms with van der Waals surface area (Å²) in [5, 5.41) is 14.2. The number of aryl methyl sites for hydroxylation is 1. The average Bonchev–Trinajstić information content (AvgIpc) is 3.18. The minimum Gasteiger partial charge on any atom is -0.489 e. The van der Waals surface area contributed by atoms with Gasteiger partial charge >= 0.3 is 24.3 Å². The zero-order valence-electron chi connectivity index (χ0n) is 18.5. The van der Waals surface area contributed by atoms with E-state index in [1.807, 2.05) is 31.5 Å². The number of imidazole rings is 1. The van der Waals surface area contributed by atoms with Crippen molar-refractivity contribution in [3.63, 3.8) is 0 Å². The van der Waals surface area contributed by atoms with Gasteiger partial charge in [0.2, 0.25) is 0 Å². The number of halogens is 6. The van der Waals surface area contributed by atoms with Crippen LogP contribution in [0, 0.1) is 6.92 Å². The largest absolute Gasteiger partial charge is 0.490 e. The number of carboxylic acid groups (broad SMARTS) is 2. The zero-order chi connectivity index (χ0) is 26.6. The van der Waals surface area contributed by atoms with E-state index >= 15 is 0 Å². The quantitative estimate of drug-likeness (QED) is 0.584. The number of rotatable bonds is 5. The van der Waals surface area contributed by atoms with Gasteiger partial charge in [-0.15, -0.1) is 0 Å². The second-order valence-electron chi connectivity index (χ2n) is 7.12. The first-order chi connectivity index (χ1) is 16.2. The minimum atomic E-state index is -5.08. The lowest BCUT2D eigenvalue weighted by Crippen LogP contribution is -2.39. The molecule has 0 saturated carbocycles. The summed E-state index contributed by atoms with van der Waals surface area (Å²) in [5.74, 6) is -3.55. The van der Waals surface area contributed by atoms with Crippen molar-refractivity contribution >= 4 is 11.9 Å². The maximum absolute atomic E-state index is 10.6. The highest BCUT2D eigenvalue weighted by molar-refractivity contribution is 5.73. The molecule has 2 N–H and O–H groups in total. The van der Waals surface area contributed by atoms with E-state index < -0.39 is 24.3 Å². The summed E-state index contributed by atoms with van der Waals surface area (Å²) in [7, 11) is 0. The number of piperidine rings is 1. The van der Waals surface area contributed by atoms with Crippen molar-refractivity contribution in [1.29, 1.82) is 0 Å². The van der Waals surface area contributed by atoms with Crippen molar-refractivity contribution in [1.82, 2.24) is 19.4 Å². The number of alkyl halides is 6. The number of pyridine rings is 1. The summed E-state index contributed by atoms with van der Waals surface area (Å²) in [6, 6.07) is 3.89. The van der Waals surface area contributed by atoms with Crippen LogP contribution in [-0.4, -0.2) is 79.7 Å². The third-order valence-electron chi connectivity index (χ3n) is 4.54.